The van der Waals surface area contributed by atoms with Gasteiger partial charge in [-0.05, 0) is 67.6 Å². The van der Waals surface area contributed by atoms with Gasteiger partial charge < -0.3 is 19.3 Å². The molecule has 2 aliphatic rings. The molecule has 4 aromatic rings. The molecule has 0 bridgehead atoms. The summed E-state index contributed by atoms with van der Waals surface area (Å²) in [6.45, 7) is 7.98. The summed E-state index contributed by atoms with van der Waals surface area (Å²) < 4.78 is 71.2. The number of fused-ring (bicyclic) bond motifs is 2. The third-order valence-electron chi connectivity index (χ3n) is 9.57. The highest BCUT2D eigenvalue weighted by atomic mass is 32.3. The number of pyridine rings is 2. The minimum Gasteiger partial charge on any atom is -0.481 e. The Balaban J connectivity index is 1.45. The van der Waals surface area contributed by atoms with Crippen LogP contribution in [0.5, 0.6) is 11.8 Å². The van der Waals surface area contributed by atoms with Crippen LogP contribution in [0.3, 0.4) is 0 Å². The highest BCUT2D eigenvalue weighted by Gasteiger charge is 2.46. The molecule has 0 saturated carbocycles. The second-order valence-corrected chi connectivity index (χ2v) is 15.0. The van der Waals surface area contributed by atoms with Crippen LogP contribution >= 0.6 is 10.8 Å². The molecule has 1 spiro atoms. The molecule has 258 valence electrons. The van der Waals surface area contributed by atoms with Gasteiger partial charge in [0.2, 0.25) is 17.6 Å². The number of nitrogens with zero attached hydrogens (tertiary/aromatic N) is 5. The monoisotopic (exact) mass is 687 g/mol. The number of halogens is 2. The molecule has 1 fully saturated rings. The lowest BCUT2D eigenvalue weighted by molar-refractivity contribution is -0.147. The van der Waals surface area contributed by atoms with Gasteiger partial charge in [-0.15, -0.1) is 21.0 Å². The van der Waals surface area contributed by atoms with Gasteiger partial charge in [0.1, 0.15) is 10.5 Å². The summed E-state index contributed by atoms with van der Waals surface area (Å²) >= 11 is 0. The van der Waals surface area contributed by atoms with E-state index in [-0.39, 0.29) is 35.4 Å². The SMILES string of the molecule is COc1ccc2c(n1)OC1(CCOCC1)CN(Cc1cc(C(c3ccn4c(C(F)F)nnc4c3C)C(C)(C)C(=O)O)ccc1C)S2(O)O. The van der Waals surface area contributed by atoms with Crippen LogP contribution in [-0.4, -0.2) is 76.5 Å². The zero-order chi connectivity index (χ0) is 34.6. The van der Waals surface area contributed by atoms with E-state index in [1.165, 1.54) is 17.7 Å². The Bertz CT molecular complexity index is 1860. The first-order chi connectivity index (χ1) is 22.7. The first-order valence-electron chi connectivity index (χ1n) is 15.5. The van der Waals surface area contributed by atoms with Gasteiger partial charge in [0.15, 0.2) is 5.65 Å². The van der Waals surface area contributed by atoms with E-state index in [1.54, 1.807) is 43.3 Å². The molecule has 12 nitrogen and oxygen atoms in total. The predicted molar refractivity (Wildman–Crippen MR) is 173 cm³/mol. The fourth-order valence-electron chi connectivity index (χ4n) is 6.66. The summed E-state index contributed by atoms with van der Waals surface area (Å²) in [5.74, 6) is -1.91. The van der Waals surface area contributed by atoms with Crippen LogP contribution in [0, 0.1) is 19.3 Å². The fourth-order valence-corrected chi connectivity index (χ4v) is 8.24. The Hall–Kier alpha value is -3.89. The quantitative estimate of drug-likeness (QED) is 0.189. The number of aromatic nitrogens is 4. The van der Waals surface area contributed by atoms with Crippen LogP contribution in [0.15, 0.2) is 47.5 Å². The van der Waals surface area contributed by atoms with Crippen molar-refractivity contribution in [2.45, 2.75) is 69.9 Å². The molecule has 3 N–H and O–H groups in total. The van der Waals surface area contributed by atoms with Gasteiger partial charge in [0.05, 0.1) is 32.3 Å². The number of carboxylic acids is 1. The summed E-state index contributed by atoms with van der Waals surface area (Å²) in [6, 6.07) is 10.4. The van der Waals surface area contributed by atoms with E-state index in [2.05, 4.69) is 15.2 Å². The minimum atomic E-state index is -3.62. The van der Waals surface area contributed by atoms with Crippen LogP contribution < -0.4 is 9.47 Å². The van der Waals surface area contributed by atoms with Gasteiger partial charge in [0.25, 0.3) is 6.43 Å². The van der Waals surface area contributed by atoms with E-state index in [0.717, 1.165) is 11.1 Å². The fraction of sp³-hybridized carbons (Fsp3) is 0.455. The second-order valence-electron chi connectivity index (χ2n) is 13.0. The number of benzene rings is 1. The van der Waals surface area contributed by atoms with Crippen LogP contribution in [0.1, 0.15) is 72.7 Å². The number of aryl methyl sites for hydroxylation is 2. The number of hydrogen-bond donors (Lipinski definition) is 3. The molecule has 1 aromatic carbocycles. The highest BCUT2D eigenvalue weighted by Crippen LogP contribution is 2.59. The zero-order valence-electron chi connectivity index (χ0n) is 27.3. The van der Waals surface area contributed by atoms with Crippen molar-refractivity contribution >= 4 is 22.4 Å². The summed E-state index contributed by atoms with van der Waals surface area (Å²) in [5.41, 5.74) is 1.42. The molecule has 1 saturated heterocycles. The number of aliphatic carboxylic acids is 1. The smallest absolute Gasteiger partial charge is 0.310 e. The molecule has 0 aliphatic carbocycles. The standard InChI is InChI=1S/C33H39F2N5O7S/c1-19-6-7-21(26(32(3,4)31(41)42)23-10-13-40-28(20(23)2)37-38-29(40)27(34)35)16-22(19)17-39-18-33(11-14-46-15-12-33)47-30-24(48(39,43)44)8-9-25(36-30)45-5/h6-10,13,16,26-27,43-44H,11-12,14-15,17-18H2,1-5H3,(H,41,42). The summed E-state index contributed by atoms with van der Waals surface area (Å²) in [5, 5.41) is 18.1. The molecule has 6 rings (SSSR count). The Labute approximate surface area is 278 Å². The van der Waals surface area contributed by atoms with Gasteiger partial charge >= 0.3 is 5.97 Å². The van der Waals surface area contributed by atoms with Crippen molar-refractivity contribution in [3.05, 3.63) is 76.2 Å². The number of hydrogen-bond acceptors (Lipinski definition) is 10. The summed E-state index contributed by atoms with van der Waals surface area (Å²) in [6.07, 6.45) is -0.386. The van der Waals surface area contributed by atoms with Gasteiger partial charge in [-0.1, -0.05) is 18.2 Å². The Morgan fingerprint density at radius 3 is 2.52 bits per heavy atom. The summed E-state index contributed by atoms with van der Waals surface area (Å²) in [7, 11) is -2.15. The van der Waals surface area contributed by atoms with Crippen molar-refractivity contribution in [3.8, 4) is 11.8 Å². The molecule has 2 aliphatic heterocycles. The van der Waals surface area contributed by atoms with E-state index in [4.69, 9.17) is 14.2 Å². The number of methoxy groups -OCH3 is 1. The molecule has 5 heterocycles. The summed E-state index contributed by atoms with van der Waals surface area (Å²) in [4.78, 5) is 17.3. The zero-order valence-corrected chi connectivity index (χ0v) is 28.1. The van der Waals surface area contributed by atoms with Crippen molar-refractivity contribution in [3.63, 3.8) is 0 Å². The number of rotatable bonds is 8. The lowest BCUT2D eigenvalue weighted by Crippen LogP contribution is -2.49. The van der Waals surface area contributed by atoms with Gasteiger partial charge in [-0.25, -0.2) is 8.78 Å². The molecule has 0 radical (unpaired) electrons. The Kier molecular flexibility index (Phi) is 8.87. The molecule has 1 unspecified atom stereocenters. The first kappa shape index (κ1) is 34.0. The predicted octanol–water partition coefficient (Wildman–Crippen LogP) is 6.40. The third kappa shape index (κ3) is 5.87. The number of carbonyl (C=O) groups is 1. The van der Waals surface area contributed by atoms with Gasteiger partial charge in [-0.2, -0.15) is 9.29 Å². The van der Waals surface area contributed by atoms with Crippen LogP contribution in [-0.2, 0) is 16.1 Å². The van der Waals surface area contributed by atoms with E-state index in [0.29, 0.717) is 42.7 Å². The molecule has 3 aromatic heterocycles. The molecule has 15 heteroatoms. The maximum atomic E-state index is 13.6. The third-order valence-corrected chi connectivity index (χ3v) is 11.5. The topological polar surface area (TPSA) is 152 Å². The molecular formula is C33H39F2N5O7S. The highest BCUT2D eigenvalue weighted by molar-refractivity contribution is 8.22. The van der Waals surface area contributed by atoms with Gasteiger partial charge in [-0.3, -0.25) is 18.3 Å². The van der Waals surface area contributed by atoms with E-state index in [1.807, 2.05) is 25.1 Å². The van der Waals surface area contributed by atoms with Crippen LogP contribution in [0.4, 0.5) is 8.78 Å². The van der Waals surface area contributed by atoms with Gasteiger partial charge in [0, 0.05) is 37.6 Å². The van der Waals surface area contributed by atoms with Crippen LogP contribution in [0.2, 0.25) is 0 Å². The van der Waals surface area contributed by atoms with Crippen molar-refractivity contribution in [1.82, 2.24) is 23.9 Å². The van der Waals surface area contributed by atoms with Crippen LogP contribution in [0.25, 0.3) is 5.65 Å². The molecule has 0 amide bonds. The van der Waals surface area contributed by atoms with E-state index < -0.39 is 45.9 Å². The lowest BCUT2D eigenvalue weighted by atomic mass is 9.70. The molecular weight excluding hydrogens is 648 g/mol. The van der Waals surface area contributed by atoms with E-state index in [9.17, 15) is 27.8 Å². The minimum absolute atomic E-state index is 0.0968. The van der Waals surface area contributed by atoms with Crippen molar-refractivity contribution < 1.29 is 42.0 Å². The maximum Gasteiger partial charge on any atom is 0.310 e. The largest absolute Gasteiger partial charge is 0.481 e. The number of ether oxygens (including phenoxy) is 3. The maximum absolute atomic E-state index is 13.6. The second kappa shape index (κ2) is 12.5. The van der Waals surface area contributed by atoms with Crippen molar-refractivity contribution in [2.75, 3.05) is 26.9 Å². The average molecular weight is 688 g/mol. The Morgan fingerprint density at radius 1 is 1.12 bits per heavy atom. The van der Waals surface area contributed by atoms with Crippen molar-refractivity contribution in [2.24, 2.45) is 5.41 Å². The molecule has 1 atom stereocenters. The Morgan fingerprint density at radius 2 is 1.85 bits per heavy atom. The lowest BCUT2D eigenvalue weighted by Gasteiger charge is -2.44. The normalized spacial score (nSPS) is 19.0. The number of alkyl halides is 2. The van der Waals surface area contributed by atoms with E-state index >= 15 is 0 Å². The van der Waals surface area contributed by atoms with Crippen molar-refractivity contribution in [1.29, 1.82) is 0 Å². The number of carboxylic acid groups (broad SMARTS) is 1. The first-order valence-corrected chi connectivity index (χ1v) is 17.0. The molecule has 48 heavy (non-hydrogen) atoms. The average Bonchev–Trinajstić information content (AvgIpc) is 3.46.